The van der Waals surface area contributed by atoms with Gasteiger partial charge >= 0.3 is 0 Å². The van der Waals surface area contributed by atoms with Gasteiger partial charge in [-0.05, 0) is 24.6 Å². The molecular weight excluding hydrogens is 326 g/mol. The first-order valence-corrected chi connectivity index (χ1v) is 9.56. The maximum atomic E-state index is 12.8. The fourth-order valence-corrected chi connectivity index (χ4v) is 4.60. The van der Waals surface area contributed by atoms with Crippen LogP contribution in [-0.2, 0) is 9.84 Å². The molecule has 6 nitrogen and oxygen atoms in total. The van der Waals surface area contributed by atoms with E-state index in [0.717, 1.165) is 5.69 Å². The fourth-order valence-electron chi connectivity index (χ4n) is 2.87. The quantitative estimate of drug-likeness (QED) is 0.773. The lowest BCUT2D eigenvalue weighted by atomic mass is 10.2. The number of carbonyl (C=O) groups is 1. The number of hydrogen-bond acceptors (Lipinski definition) is 4. The minimum atomic E-state index is -3.07. The second-order valence-electron chi connectivity index (χ2n) is 5.78. The molecule has 2 heterocycles. The lowest BCUT2D eigenvalue weighted by Gasteiger charge is -2.26. The molecule has 0 saturated carbocycles. The van der Waals surface area contributed by atoms with E-state index >= 15 is 0 Å². The zero-order valence-electron chi connectivity index (χ0n) is 13.2. The number of carbonyl (C=O) groups excluding carboxylic acids is 1. The van der Waals surface area contributed by atoms with Crippen molar-refractivity contribution >= 4 is 15.7 Å². The number of rotatable bonds is 5. The lowest BCUT2D eigenvalue weighted by Crippen LogP contribution is -2.41. The number of hydrogen-bond donors (Lipinski definition) is 0. The molecule has 126 valence electrons. The summed E-state index contributed by atoms with van der Waals surface area (Å²) in [6.45, 7) is 3.97. The number of benzene rings is 1. The molecule has 0 N–H and O–H groups in total. The van der Waals surface area contributed by atoms with Gasteiger partial charge in [0.25, 0.3) is 5.91 Å². The van der Waals surface area contributed by atoms with E-state index in [1.165, 1.54) is 0 Å². The third-order valence-electron chi connectivity index (χ3n) is 4.06. The molecule has 1 amide bonds. The summed E-state index contributed by atoms with van der Waals surface area (Å²) in [6.07, 6.45) is 3.79. The predicted molar refractivity (Wildman–Crippen MR) is 91.9 cm³/mol. The summed E-state index contributed by atoms with van der Waals surface area (Å²) < 4.78 is 25.1. The fraction of sp³-hybridized carbons (Fsp3) is 0.294. The highest BCUT2D eigenvalue weighted by Crippen LogP contribution is 2.20. The summed E-state index contributed by atoms with van der Waals surface area (Å²) >= 11 is 0. The number of amides is 1. The Morgan fingerprint density at radius 3 is 2.71 bits per heavy atom. The van der Waals surface area contributed by atoms with E-state index in [-0.39, 0.29) is 23.5 Å². The van der Waals surface area contributed by atoms with Crippen LogP contribution in [0.4, 0.5) is 0 Å². The van der Waals surface area contributed by atoms with Crippen molar-refractivity contribution in [1.29, 1.82) is 0 Å². The average molecular weight is 345 g/mol. The average Bonchev–Trinajstić information content (AvgIpc) is 3.19. The molecule has 1 fully saturated rings. The van der Waals surface area contributed by atoms with E-state index in [9.17, 15) is 13.2 Å². The molecule has 0 radical (unpaired) electrons. The molecule has 1 atom stereocenters. The van der Waals surface area contributed by atoms with Crippen LogP contribution < -0.4 is 0 Å². The molecule has 0 bridgehead atoms. The number of para-hydroxylation sites is 1. The summed E-state index contributed by atoms with van der Waals surface area (Å²) in [5.74, 6) is -0.144. The molecule has 2 aromatic rings. The highest BCUT2D eigenvalue weighted by molar-refractivity contribution is 7.91. The molecule has 0 spiro atoms. The van der Waals surface area contributed by atoms with Gasteiger partial charge in [0, 0.05) is 18.8 Å². The van der Waals surface area contributed by atoms with Gasteiger partial charge in [-0.2, -0.15) is 5.10 Å². The number of aromatic nitrogens is 2. The molecule has 1 aliphatic rings. The highest BCUT2D eigenvalue weighted by atomic mass is 32.2. The van der Waals surface area contributed by atoms with Crippen LogP contribution in [0.5, 0.6) is 0 Å². The standard InChI is InChI=1S/C17H19N3O3S/c1-2-10-19(15-9-12-24(22,23)13-15)17(21)16-8-11-20(18-16)14-6-4-3-5-7-14/h2-8,11,15H,1,9-10,12-13H2/t15-/m1/s1. The molecule has 3 rings (SSSR count). The molecule has 1 saturated heterocycles. The maximum Gasteiger partial charge on any atom is 0.274 e. The molecular formula is C17H19N3O3S. The highest BCUT2D eigenvalue weighted by Gasteiger charge is 2.35. The molecule has 1 aliphatic heterocycles. The molecule has 24 heavy (non-hydrogen) atoms. The van der Waals surface area contributed by atoms with E-state index < -0.39 is 9.84 Å². The van der Waals surface area contributed by atoms with Crippen molar-refractivity contribution in [1.82, 2.24) is 14.7 Å². The van der Waals surface area contributed by atoms with Crippen molar-refractivity contribution in [2.45, 2.75) is 12.5 Å². The van der Waals surface area contributed by atoms with E-state index in [4.69, 9.17) is 0 Å². The van der Waals surface area contributed by atoms with Gasteiger partial charge in [-0.3, -0.25) is 4.79 Å². The Hall–Kier alpha value is -2.41. The van der Waals surface area contributed by atoms with Crippen LogP contribution in [0.25, 0.3) is 5.69 Å². The van der Waals surface area contributed by atoms with Crippen LogP contribution in [0.3, 0.4) is 0 Å². The lowest BCUT2D eigenvalue weighted by molar-refractivity contribution is 0.0714. The second-order valence-corrected chi connectivity index (χ2v) is 8.01. The smallest absolute Gasteiger partial charge is 0.274 e. The largest absolute Gasteiger partial charge is 0.330 e. The van der Waals surface area contributed by atoms with Crippen LogP contribution in [0.15, 0.2) is 55.3 Å². The van der Waals surface area contributed by atoms with E-state index in [0.29, 0.717) is 18.7 Å². The SMILES string of the molecule is C=CCN(C(=O)c1ccn(-c2ccccc2)n1)[C@@H]1CCS(=O)(=O)C1. The normalized spacial score (nSPS) is 19.1. The molecule has 0 aliphatic carbocycles. The minimum absolute atomic E-state index is 0.00593. The zero-order valence-corrected chi connectivity index (χ0v) is 14.0. The zero-order chi connectivity index (χ0) is 17.2. The third kappa shape index (κ3) is 3.41. The van der Waals surface area contributed by atoms with E-state index in [1.807, 2.05) is 30.3 Å². The maximum absolute atomic E-state index is 12.8. The monoisotopic (exact) mass is 345 g/mol. The summed E-state index contributed by atoms with van der Waals surface area (Å²) in [4.78, 5) is 14.3. The van der Waals surface area contributed by atoms with Gasteiger partial charge in [0.1, 0.15) is 0 Å². The summed E-state index contributed by atoms with van der Waals surface area (Å²) in [6, 6.07) is 10.8. The third-order valence-corrected chi connectivity index (χ3v) is 5.82. The Labute approximate surface area is 141 Å². The Morgan fingerprint density at radius 1 is 1.33 bits per heavy atom. The first-order chi connectivity index (χ1) is 11.5. The second kappa shape index (κ2) is 6.60. The number of sulfone groups is 1. The van der Waals surface area contributed by atoms with Crippen LogP contribution in [0.2, 0.25) is 0 Å². The van der Waals surface area contributed by atoms with Gasteiger partial charge in [0.05, 0.1) is 17.2 Å². The first-order valence-electron chi connectivity index (χ1n) is 7.73. The number of nitrogens with zero attached hydrogens (tertiary/aromatic N) is 3. The van der Waals surface area contributed by atoms with Crippen molar-refractivity contribution in [3.63, 3.8) is 0 Å². The Morgan fingerprint density at radius 2 is 2.08 bits per heavy atom. The van der Waals surface area contributed by atoms with Crippen molar-refractivity contribution in [3.8, 4) is 5.69 Å². The minimum Gasteiger partial charge on any atom is -0.330 e. The van der Waals surface area contributed by atoms with Crippen LogP contribution in [0.1, 0.15) is 16.9 Å². The Bertz CT molecular complexity index is 843. The summed E-state index contributed by atoms with van der Waals surface area (Å²) in [5, 5.41) is 4.33. The van der Waals surface area contributed by atoms with E-state index in [2.05, 4.69) is 11.7 Å². The van der Waals surface area contributed by atoms with Crippen molar-refractivity contribution in [3.05, 3.63) is 60.9 Å². The van der Waals surface area contributed by atoms with Gasteiger partial charge in [-0.15, -0.1) is 6.58 Å². The van der Waals surface area contributed by atoms with Crippen molar-refractivity contribution in [2.75, 3.05) is 18.1 Å². The van der Waals surface area contributed by atoms with Crippen LogP contribution in [-0.4, -0.2) is 53.1 Å². The molecule has 7 heteroatoms. The predicted octanol–water partition coefficient (Wildman–Crippen LogP) is 1.69. The van der Waals surface area contributed by atoms with Gasteiger partial charge in [-0.1, -0.05) is 24.3 Å². The molecule has 1 aromatic heterocycles. The summed E-state index contributed by atoms with van der Waals surface area (Å²) in [5.41, 5.74) is 1.15. The van der Waals surface area contributed by atoms with Crippen molar-refractivity contribution in [2.24, 2.45) is 0 Å². The van der Waals surface area contributed by atoms with Gasteiger partial charge in [0.15, 0.2) is 15.5 Å². The Balaban J connectivity index is 1.83. The topological polar surface area (TPSA) is 72.3 Å². The van der Waals surface area contributed by atoms with Crippen LogP contribution >= 0.6 is 0 Å². The van der Waals surface area contributed by atoms with Gasteiger partial charge < -0.3 is 4.90 Å². The Kier molecular flexibility index (Phi) is 4.53. The first kappa shape index (κ1) is 16.4. The van der Waals surface area contributed by atoms with Gasteiger partial charge in [-0.25, -0.2) is 13.1 Å². The van der Waals surface area contributed by atoms with Gasteiger partial charge in [0.2, 0.25) is 0 Å². The summed E-state index contributed by atoms with van der Waals surface area (Å²) in [7, 11) is -3.07. The van der Waals surface area contributed by atoms with E-state index in [1.54, 1.807) is 27.9 Å². The molecule has 1 aromatic carbocycles. The van der Waals surface area contributed by atoms with Crippen molar-refractivity contribution < 1.29 is 13.2 Å². The van der Waals surface area contributed by atoms with Crippen LogP contribution in [0, 0.1) is 0 Å². The molecule has 0 unspecified atom stereocenters.